The zero-order valence-corrected chi connectivity index (χ0v) is 12.6. The van der Waals surface area contributed by atoms with Gasteiger partial charge in [0.15, 0.2) is 0 Å². The quantitative estimate of drug-likeness (QED) is 0.842. The highest BCUT2D eigenvalue weighted by atomic mass is 15.2. The number of nitrogens with zero attached hydrogens (tertiary/aromatic N) is 3. The number of pyridine rings is 1. The van der Waals surface area contributed by atoms with Crippen molar-refractivity contribution in [2.24, 2.45) is 7.05 Å². The van der Waals surface area contributed by atoms with E-state index in [2.05, 4.69) is 41.4 Å². The van der Waals surface area contributed by atoms with Crippen molar-refractivity contribution in [2.75, 3.05) is 6.54 Å². The molecule has 1 atom stereocenters. The van der Waals surface area contributed by atoms with E-state index >= 15 is 0 Å². The normalized spacial score (nSPS) is 12.6. The maximum absolute atomic E-state index is 4.24. The Labute approximate surface area is 121 Å². The van der Waals surface area contributed by atoms with Crippen molar-refractivity contribution in [1.29, 1.82) is 0 Å². The second-order valence-corrected chi connectivity index (χ2v) is 5.02. The Morgan fingerprint density at radius 1 is 1.25 bits per heavy atom. The molecule has 20 heavy (non-hydrogen) atoms. The van der Waals surface area contributed by atoms with Gasteiger partial charge in [-0.05, 0) is 49.1 Å². The summed E-state index contributed by atoms with van der Waals surface area (Å²) in [7, 11) is 2.00. The molecule has 0 saturated heterocycles. The van der Waals surface area contributed by atoms with Gasteiger partial charge in [-0.15, -0.1) is 0 Å². The molecule has 1 unspecified atom stereocenters. The Balaban J connectivity index is 2.12. The van der Waals surface area contributed by atoms with Crippen LogP contribution in [0.4, 0.5) is 0 Å². The number of nitrogens with one attached hydrogen (secondary N) is 1. The lowest BCUT2D eigenvalue weighted by Crippen LogP contribution is -2.23. The Morgan fingerprint density at radius 3 is 2.75 bits per heavy atom. The molecule has 0 amide bonds. The predicted octanol–water partition coefficient (Wildman–Crippen LogP) is 2.66. The van der Waals surface area contributed by atoms with Gasteiger partial charge in [0.1, 0.15) is 0 Å². The molecule has 0 bridgehead atoms. The van der Waals surface area contributed by atoms with E-state index in [1.54, 1.807) is 0 Å². The first-order valence-electron chi connectivity index (χ1n) is 7.39. The first-order valence-corrected chi connectivity index (χ1v) is 7.39. The maximum Gasteiger partial charge on any atom is 0.0492 e. The molecule has 0 saturated carbocycles. The number of hydrogen-bond donors (Lipinski definition) is 1. The molecule has 0 aliphatic rings. The Bertz CT molecular complexity index is 533. The number of aromatic nitrogens is 3. The molecule has 0 aliphatic heterocycles. The van der Waals surface area contributed by atoms with Crippen molar-refractivity contribution in [3.8, 4) is 0 Å². The third-order valence-corrected chi connectivity index (χ3v) is 3.76. The number of hydrogen-bond acceptors (Lipinski definition) is 3. The summed E-state index contributed by atoms with van der Waals surface area (Å²) in [5.74, 6) is 0. The highest BCUT2D eigenvalue weighted by molar-refractivity contribution is 5.27. The van der Waals surface area contributed by atoms with Crippen molar-refractivity contribution < 1.29 is 0 Å². The Morgan fingerprint density at radius 2 is 2.10 bits per heavy atom. The minimum atomic E-state index is 0.382. The van der Waals surface area contributed by atoms with E-state index in [-0.39, 0.29) is 0 Å². The predicted molar refractivity (Wildman–Crippen MR) is 81.6 cm³/mol. The van der Waals surface area contributed by atoms with Crippen molar-refractivity contribution in [3.05, 3.63) is 47.5 Å². The average molecular weight is 272 g/mol. The second kappa shape index (κ2) is 7.20. The summed E-state index contributed by atoms with van der Waals surface area (Å²) in [6, 6.07) is 4.62. The average Bonchev–Trinajstić information content (AvgIpc) is 2.89. The number of aryl methyl sites for hydroxylation is 3. The van der Waals surface area contributed by atoms with Gasteiger partial charge in [0.25, 0.3) is 0 Å². The van der Waals surface area contributed by atoms with Gasteiger partial charge < -0.3 is 5.32 Å². The molecule has 0 radical (unpaired) electrons. The summed E-state index contributed by atoms with van der Waals surface area (Å²) >= 11 is 0. The summed E-state index contributed by atoms with van der Waals surface area (Å²) in [4.78, 5) is 4.24. The van der Waals surface area contributed by atoms with Gasteiger partial charge in [-0.2, -0.15) is 5.10 Å². The summed E-state index contributed by atoms with van der Waals surface area (Å²) < 4.78 is 1.95. The minimum Gasteiger partial charge on any atom is -0.310 e. The maximum atomic E-state index is 4.24. The van der Waals surface area contributed by atoms with Gasteiger partial charge in [-0.1, -0.05) is 13.8 Å². The molecule has 2 aromatic heterocycles. The molecule has 0 aromatic carbocycles. The van der Waals surface area contributed by atoms with E-state index in [9.17, 15) is 0 Å². The fraction of sp³-hybridized carbons (Fsp3) is 0.500. The molecule has 0 spiro atoms. The fourth-order valence-electron chi connectivity index (χ4n) is 2.63. The van der Waals surface area contributed by atoms with Gasteiger partial charge in [0.05, 0.1) is 0 Å². The van der Waals surface area contributed by atoms with E-state index in [1.165, 1.54) is 16.8 Å². The van der Waals surface area contributed by atoms with Gasteiger partial charge in [0, 0.05) is 37.4 Å². The highest BCUT2D eigenvalue weighted by Gasteiger charge is 2.14. The third kappa shape index (κ3) is 3.45. The van der Waals surface area contributed by atoms with Crippen LogP contribution >= 0.6 is 0 Å². The standard InChI is InChI=1S/C16H24N4/c1-4-13-12-17-10-9-15(13)16(18-5-2)7-6-14-8-11-19-20(14)3/h8-12,16,18H,4-7H2,1-3H3. The Hall–Kier alpha value is -1.68. The molecule has 0 aliphatic carbocycles. The van der Waals surface area contributed by atoms with Crippen LogP contribution in [-0.4, -0.2) is 21.3 Å². The highest BCUT2D eigenvalue weighted by Crippen LogP contribution is 2.22. The number of rotatable bonds is 7. The lowest BCUT2D eigenvalue weighted by molar-refractivity contribution is 0.502. The van der Waals surface area contributed by atoms with Crippen LogP contribution in [0.15, 0.2) is 30.7 Å². The van der Waals surface area contributed by atoms with Crippen molar-refractivity contribution in [2.45, 2.75) is 39.2 Å². The molecular weight excluding hydrogens is 248 g/mol. The molecular formula is C16H24N4. The largest absolute Gasteiger partial charge is 0.310 e. The van der Waals surface area contributed by atoms with Crippen LogP contribution in [0, 0.1) is 0 Å². The smallest absolute Gasteiger partial charge is 0.0492 e. The fourth-order valence-corrected chi connectivity index (χ4v) is 2.63. The van der Waals surface area contributed by atoms with Crippen molar-refractivity contribution in [1.82, 2.24) is 20.1 Å². The first kappa shape index (κ1) is 14.7. The lowest BCUT2D eigenvalue weighted by atomic mass is 9.96. The molecule has 2 rings (SSSR count). The second-order valence-electron chi connectivity index (χ2n) is 5.02. The van der Waals surface area contributed by atoms with Crippen LogP contribution in [0.1, 0.15) is 43.1 Å². The van der Waals surface area contributed by atoms with E-state index in [0.717, 1.165) is 25.8 Å². The molecule has 1 N–H and O–H groups in total. The van der Waals surface area contributed by atoms with Gasteiger partial charge in [0.2, 0.25) is 0 Å². The van der Waals surface area contributed by atoms with Crippen LogP contribution in [0.2, 0.25) is 0 Å². The summed E-state index contributed by atoms with van der Waals surface area (Å²) in [6.07, 6.45) is 8.87. The van der Waals surface area contributed by atoms with Gasteiger partial charge in [-0.3, -0.25) is 9.67 Å². The summed E-state index contributed by atoms with van der Waals surface area (Å²) in [5.41, 5.74) is 4.00. The molecule has 2 aromatic rings. The topological polar surface area (TPSA) is 42.7 Å². The van der Waals surface area contributed by atoms with Crippen LogP contribution < -0.4 is 5.32 Å². The molecule has 4 nitrogen and oxygen atoms in total. The first-order chi connectivity index (χ1) is 9.76. The van der Waals surface area contributed by atoms with Crippen LogP contribution in [0.5, 0.6) is 0 Å². The van der Waals surface area contributed by atoms with Crippen LogP contribution in [0.3, 0.4) is 0 Å². The zero-order chi connectivity index (χ0) is 14.4. The van der Waals surface area contributed by atoms with Crippen LogP contribution in [-0.2, 0) is 19.9 Å². The molecule has 2 heterocycles. The summed E-state index contributed by atoms with van der Waals surface area (Å²) in [5, 5.41) is 7.83. The lowest BCUT2D eigenvalue weighted by Gasteiger charge is -2.21. The molecule has 108 valence electrons. The SMILES string of the molecule is CCNC(CCc1ccnn1C)c1ccncc1CC. The summed E-state index contributed by atoms with van der Waals surface area (Å²) in [6.45, 7) is 5.32. The van der Waals surface area contributed by atoms with E-state index in [0.29, 0.717) is 6.04 Å². The monoisotopic (exact) mass is 272 g/mol. The van der Waals surface area contributed by atoms with Gasteiger partial charge >= 0.3 is 0 Å². The van der Waals surface area contributed by atoms with E-state index in [4.69, 9.17) is 0 Å². The van der Waals surface area contributed by atoms with Crippen molar-refractivity contribution >= 4 is 0 Å². The Kier molecular flexibility index (Phi) is 5.30. The van der Waals surface area contributed by atoms with E-state index in [1.807, 2.05) is 30.3 Å². The minimum absolute atomic E-state index is 0.382. The molecule has 0 fully saturated rings. The third-order valence-electron chi connectivity index (χ3n) is 3.76. The van der Waals surface area contributed by atoms with Gasteiger partial charge in [-0.25, -0.2) is 0 Å². The zero-order valence-electron chi connectivity index (χ0n) is 12.6. The van der Waals surface area contributed by atoms with Crippen molar-refractivity contribution in [3.63, 3.8) is 0 Å². The van der Waals surface area contributed by atoms with E-state index < -0.39 is 0 Å². The van der Waals surface area contributed by atoms with Crippen LogP contribution in [0.25, 0.3) is 0 Å². The molecule has 4 heteroatoms.